The summed E-state index contributed by atoms with van der Waals surface area (Å²) in [7, 11) is 3.92. The second-order valence-corrected chi connectivity index (χ2v) is 3.87. The minimum atomic E-state index is -0.265. The van der Waals surface area contributed by atoms with Crippen molar-refractivity contribution in [1.82, 2.24) is 4.57 Å². The van der Waals surface area contributed by atoms with E-state index in [0.29, 0.717) is 12.3 Å². The van der Waals surface area contributed by atoms with Gasteiger partial charge in [-0.2, -0.15) is 0 Å². The number of hydrogen-bond acceptors (Lipinski definition) is 2. The van der Waals surface area contributed by atoms with Crippen molar-refractivity contribution < 1.29 is 9.53 Å². The van der Waals surface area contributed by atoms with E-state index in [-0.39, 0.29) is 5.97 Å². The Labute approximate surface area is 95.4 Å². The number of fused-ring (bicyclic) bond motifs is 1. The van der Waals surface area contributed by atoms with Crippen LogP contribution in [0.25, 0.3) is 10.9 Å². The van der Waals surface area contributed by atoms with Gasteiger partial charge in [0.05, 0.1) is 6.61 Å². The molecule has 0 amide bonds. The minimum absolute atomic E-state index is 0.265. The maximum absolute atomic E-state index is 11.7. The van der Waals surface area contributed by atoms with E-state index in [1.165, 1.54) is 5.46 Å². The molecule has 0 saturated heterocycles. The van der Waals surface area contributed by atoms with Gasteiger partial charge in [0.1, 0.15) is 13.5 Å². The van der Waals surface area contributed by atoms with Gasteiger partial charge in [0.15, 0.2) is 0 Å². The summed E-state index contributed by atoms with van der Waals surface area (Å²) in [6.45, 7) is 2.21. The van der Waals surface area contributed by atoms with E-state index in [1.807, 2.05) is 44.6 Å². The zero-order valence-electron chi connectivity index (χ0n) is 9.78. The van der Waals surface area contributed by atoms with Gasteiger partial charge in [-0.1, -0.05) is 17.6 Å². The van der Waals surface area contributed by atoms with Crippen molar-refractivity contribution in [3.8, 4) is 0 Å². The molecule has 82 valence electrons. The lowest BCUT2D eigenvalue weighted by molar-refractivity contribution is 0.0516. The first-order valence-corrected chi connectivity index (χ1v) is 5.36. The Kier molecular flexibility index (Phi) is 2.73. The second kappa shape index (κ2) is 4.04. The predicted molar refractivity (Wildman–Crippen MR) is 67.1 cm³/mol. The molecule has 0 aliphatic carbocycles. The van der Waals surface area contributed by atoms with Gasteiger partial charge >= 0.3 is 5.97 Å². The van der Waals surface area contributed by atoms with Gasteiger partial charge in [-0.15, -0.1) is 0 Å². The molecule has 0 fully saturated rings. The molecule has 0 spiro atoms. The largest absolute Gasteiger partial charge is 0.461 e. The molecule has 0 bridgehead atoms. The highest BCUT2D eigenvalue weighted by atomic mass is 16.5. The lowest BCUT2D eigenvalue weighted by Crippen LogP contribution is -2.09. The summed E-state index contributed by atoms with van der Waals surface area (Å²) < 4.78 is 6.88. The maximum Gasteiger partial charge on any atom is 0.354 e. The molecule has 0 saturated carbocycles. The first kappa shape index (κ1) is 10.8. The monoisotopic (exact) mass is 215 g/mol. The number of carbonyl (C=O) groups is 1. The molecule has 2 aromatic rings. The number of carbonyl (C=O) groups excluding carboxylic acids is 1. The van der Waals surface area contributed by atoms with Gasteiger partial charge in [-0.3, -0.25) is 0 Å². The van der Waals surface area contributed by atoms with Crippen LogP contribution in [0.3, 0.4) is 0 Å². The van der Waals surface area contributed by atoms with Crippen molar-refractivity contribution in [1.29, 1.82) is 0 Å². The van der Waals surface area contributed by atoms with Gasteiger partial charge in [0.25, 0.3) is 0 Å². The quantitative estimate of drug-likeness (QED) is 0.543. The third-order valence-electron chi connectivity index (χ3n) is 2.68. The van der Waals surface area contributed by atoms with Crippen LogP contribution in [0, 0.1) is 0 Å². The molecule has 4 heteroatoms. The summed E-state index contributed by atoms with van der Waals surface area (Å²) in [6, 6.07) is 8.00. The van der Waals surface area contributed by atoms with Crippen LogP contribution < -0.4 is 5.46 Å². The van der Waals surface area contributed by atoms with Crippen LogP contribution in [-0.2, 0) is 11.8 Å². The smallest absolute Gasteiger partial charge is 0.354 e. The second-order valence-electron chi connectivity index (χ2n) is 3.87. The average Bonchev–Trinajstić information content (AvgIpc) is 2.56. The summed E-state index contributed by atoms with van der Waals surface area (Å²) >= 11 is 0. The Morgan fingerprint density at radius 1 is 1.44 bits per heavy atom. The summed E-state index contributed by atoms with van der Waals surface area (Å²) in [6.07, 6.45) is 0. The Morgan fingerprint density at radius 2 is 2.19 bits per heavy atom. The number of nitrogens with zero attached hydrogens (tertiary/aromatic N) is 1. The maximum atomic E-state index is 11.7. The molecular weight excluding hydrogens is 201 g/mol. The lowest BCUT2D eigenvalue weighted by Gasteiger charge is -2.03. The van der Waals surface area contributed by atoms with Crippen molar-refractivity contribution in [3.05, 3.63) is 30.0 Å². The number of ether oxygens (including phenoxy) is 1. The van der Waals surface area contributed by atoms with E-state index in [2.05, 4.69) is 6.07 Å². The molecule has 3 nitrogen and oxygen atoms in total. The van der Waals surface area contributed by atoms with E-state index in [9.17, 15) is 4.79 Å². The summed E-state index contributed by atoms with van der Waals surface area (Å²) in [4.78, 5) is 11.7. The highest BCUT2D eigenvalue weighted by Gasteiger charge is 2.13. The number of rotatable bonds is 2. The minimum Gasteiger partial charge on any atom is -0.461 e. The summed E-state index contributed by atoms with van der Waals surface area (Å²) in [5.41, 5.74) is 2.84. The number of esters is 1. The van der Waals surface area contributed by atoms with Gasteiger partial charge < -0.3 is 9.30 Å². The molecule has 0 unspecified atom stereocenters. The van der Waals surface area contributed by atoms with Crippen molar-refractivity contribution in [2.24, 2.45) is 7.05 Å². The molecule has 0 N–H and O–H groups in total. The first-order valence-electron chi connectivity index (χ1n) is 5.36. The van der Waals surface area contributed by atoms with Crippen molar-refractivity contribution >= 4 is 30.2 Å². The van der Waals surface area contributed by atoms with Gasteiger partial charge in [0, 0.05) is 12.6 Å². The Bertz CT molecular complexity index is 545. The molecule has 1 aromatic carbocycles. The fraction of sp³-hybridized carbons (Fsp3) is 0.250. The van der Waals surface area contributed by atoms with Crippen LogP contribution in [-0.4, -0.2) is 25.0 Å². The molecule has 0 aliphatic heterocycles. The highest BCUT2D eigenvalue weighted by molar-refractivity contribution is 6.33. The molecule has 0 atom stereocenters. The predicted octanol–water partition coefficient (Wildman–Crippen LogP) is 0.613. The third-order valence-corrected chi connectivity index (χ3v) is 2.68. The van der Waals surface area contributed by atoms with E-state index < -0.39 is 0 Å². The number of aromatic nitrogens is 1. The average molecular weight is 215 g/mol. The number of hydrogen-bond donors (Lipinski definition) is 0. The van der Waals surface area contributed by atoms with Crippen molar-refractivity contribution in [2.75, 3.05) is 6.61 Å². The van der Waals surface area contributed by atoms with Crippen molar-refractivity contribution in [2.45, 2.75) is 6.92 Å². The highest BCUT2D eigenvalue weighted by Crippen LogP contribution is 2.17. The van der Waals surface area contributed by atoms with Crippen LogP contribution in [0.1, 0.15) is 17.4 Å². The van der Waals surface area contributed by atoms with Crippen LogP contribution in [0.2, 0.25) is 0 Å². The molecular formula is C12H14BNO2. The number of aryl methyl sites for hydroxylation is 1. The fourth-order valence-corrected chi connectivity index (χ4v) is 1.87. The van der Waals surface area contributed by atoms with E-state index in [0.717, 1.165) is 10.9 Å². The van der Waals surface area contributed by atoms with Crippen LogP contribution in [0.15, 0.2) is 24.3 Å². The lowest BCUT2D eigenvalue weighted by atomic mass is 9.95. The zero-order chi connectivity index (χ0) is 11.7. The van der Waals surface area contributed by atoms with E-state index >= 15 is 0 Å². The number of benzene rings is 1. The van der Waals surface area contributed by atoms with E-state index in [1.54, 1.807) is 0 Å². The van der Waals surface area contributed by atoms with Gasteiger partial charge in [-0.25, -0.2) is 4.79 Å². The molecule has 2 rings (SSSR count). The molecule has 16 heavy (non-hydrogen) atoms. The molecule has 0 radical (unpaired) electrons. The van der Waals surface area contributed by atoms with Gasteiger partial charge in [-0.05, 0) is 24.4 Å². The Morgan fingerprint density at radius 3 is 2.88 bits per heavy atom. The van der Waals surface area contributed by atoms with Crippen LogP contribution in [0.5, 0.6) is 0 Å². The summed E-state index contributed by atoms with van der Waals surface area (Å²) in [5, 5.41) is 1.07. The van der Waals surface area contributed by atoms with Crippen molar-refractivity contribution in [3.63, 3.8) is 0 Å². The summed E-state index contributed by atoms with van der Waals surface area (Å²) in [5.74, 6) is -0.265. The topological polar surface area (TPSA) is 31.2 Å². The Hall–Kier alpha value is -1.71. The Balaban J connectivity index is 2.55. The van der Waals surface area contributed by atoms with Gasteiger partial charge in [0.2, 0.25) is 0 Å². The van der Waals surface area contributed by atoms with Crippen LogP contribution >= 0.6 is 0 Å². The molecule has 1 heterocycles. The van der Waals surface area contributed by atoms with E-state index in [4.69, 9.17) is 4.74 Å². The third kappa shape index (κ3) is 1.71. The fourth-order valence-electron chi connectivity index (χ4n) is 1.87. The molecule has 0 aliphatic rings. The first-order chi connectivity index (χ1) is 7.63. The van der Waals surface area contributed by atoms with Crippen LogP contribution in [0.4, 0.5) is 0 Å². The SMILES string of the molecule is Bc1ccc2c(c1)cc(C(=O)OCC)n2C. The standard InChI is InChI=1S/C12H14BNO2/c1-3-16-12(15)11-7-8-6-9(13)4-5-10(8)14(11)2/h4-7H,3,13H2,1-2H3. The molecule has 1 aromatic heterocycles. The normalized spacial score (nSPS) is 10.6. The zero-order valence-corrected chi connectivity index (χ0v) is 9.78.